The predicted molar refractivity (Wildman–Crippen MR) is 174 cm³/mol. The summed E-state index contributed by atoms with van der Waals surface area (Å²) in [5, 5.41) is 5.82. The van der Waals surface area contributed by atoms with Crippen molar-refractivity contribution in [3.05, 3.63) is 124 Å². The van der Waals surface area contributed by atoms with Gasteiger partial charge in [-0.05, 0) is 95.6 Å². The van der Waals surface area contributed by atoms with Gasteiger partial charge in [-0.25, -0.2) is 4.98 Å². The van der Waals surface area contributed by atoms with Crippen molar-refractivity contribution < 1.29 is 27.2 Å². The van der Waals surface area contributed by atoms with E-state index in [9.17, 15) is 22.8 Å². The number of hydrogen-bond donors (Lipinski definition) is 2. The van der Waals surface area contributed by atoms with Crippen LogP contribution in [0.15, 0.2) is 83.5 Å². The first-order valence-electron chi connectivity index (χ1n) is 15.3. The zero-order valence-corrected chi connectivity index (χ0v) is 26.9. The Labute approximate surface area is 269 Å². The number of aldehydes is 1. The molecule has 1 saturated heterocycles. The number of amides is 1. The molecule has 2 N–H and O–H groups in total. The number of likely N-dealkylation sites (tertiary alicyclic amines) is 1. The highest BCUT2D eigenvalue weighted by molar-refractivity contribution is 5.96. The summed E-state index contributed by atoms with van der Waals surface area (Å²) in [4.78, 5) is 29.6. The van der Waals surface area contributed by atoms with Gasteiger partial charge in [0.05, 0.1) is 17.3 Å². The molecule has 1 unspecified atom stereocenters. The normalized spacial score (nSPS) is 14.5. The number of aromatic nitrogens is 1. The fraction of sp³-hybridized carbons (Fsp3) is 0.361. The summed E-state index contributed by atoms with van der Waals surface area (Å²) in [7, 11) is 2.12. The van der Waals surface area contributed by atoms with Crippen molar-refractivity contribution in [1.29, 1.82) is 0 Å². The lowest BCUT2D eigenvalue weighted by atomic mass is 10.1. The van der Waals surface area contributed by atoms with E-state index in [1.807, 2.05) is 32.0 Å². The van der Waals surface area contributed by atoms with Crippen molar-refractivity contribution in [3.8, 4) is 0 Å². The third-order valence-electron chi connectivity index (χ3n) is 7.28. The smallest absolute Gasteiger partial charge is 0.416 e. The Morgan fingerprint density at radius 2 is 1.76 bits per heavy atom. The fourth-order valence-corrected chi connectivity index (χ4v) is 4.90. The summed E-state index contributed by atoms with van der Waals surface area (Å²) in [6, 6.07) is 20.8. The van der Waals surface area contributed by atoms with Crippen LogP contribution in [0.25, 0.3) is 0 Å². The third kappa shape index (κ3) is 12.3. The maximum absolute atomic E-state index is 12.7. The van der Waals surface area contributed by atoms with Crippen molar-refractivity contribution in [2.45, 2.75) is 58.8 Å². The lowest BCUT2D eigenvalue weighted by Crippen LogP contribution is -2.27. The molecule has 0 bridgehead atoms. The van der Waals surface area contributed by atoms with Crippen molar-refractivity contribution >= 4 is 12.2 Å². The first-order chi connectivity index (χ1) is 22.0. The number of nitrogens with one attached hydrogen (secondary N) is 2. The zero-order chi connectivity index (χ0) is 33.5. The standard InChI is InChI=1S/C20H21F3N2O2.C9H14N2O.C7H8/c1-14-8-16(13-26)10-17(9-14)19(27)25-7-3-6-24-12-15-4-2-5-18(11-15)20(21,22)23;1-7-6-12-9(10-7)8-4-3-5-11(8)2;1-7-5-3-2-4-6-7/h2,4-5,8-11,13,24H,3,6-7,12H2,1H3,(H,25,27);6,8H,3-5H2,1-2H3;2-6H,1H3. The molecule has 7 nitrogen and oxygen atoms in total. The second-order valence-corrected chi connectivity index (χ2v) is 11.4. The number of rotatable bonds is 9. The van der Waals surface area contributed by atoms with Gasteiger partial charge in [0, 0.05) is 24.2 Å². The molecule has 1 atom stereocenters. The van der Waals surface area contributed by atoms with E-state index in [1.165, 1.54) is 30.5 Å². The predicted octanol–water partition coefficient (Wildman–Crippen LogP) is 7.48. The van der Waals surface area contributed by atoms with E-state index in [1.54, 1.807) is 24.5 Å². The lowest BCUT2D eigenvalue weighted by Gasteiger charge is -2.14. The van der Waals surface area contributed by atoms with E-state index in [0.717, 1.165) is 35.8 Å². The topological polar surface area (TPSA) is 87.5 Å². The number of aryl methyl sites for hydroxylation is 3. The number of benzene rings is 3. The van der Waals surface area contributed by atoms with Crippen LogP contribution in [0.3, 0.4) is 0 Å². The van der Waals surface area contributed by atoms with Gasteiger partial charge in [0.1, 0.15) is 12.5 Å². The highest BCUT2D eigenvalue weighted by atomic mass is 19.4. The Kier molecular flexibility index (Phi) is 14.2. The number of carbonyl (C=O) groups is 2. The molecular formula is C36H43F3N4O3. The quantitative estimate of drug-likeness (QED) is 0.146. The fourth-order valence-electron chi connectivity index (χ4n) is 4.90. The second-order valence-electron chi connectivity index (χ2n) is 11.4. The van der Waals surface area contributed by atoms with Gasteiger partial charge in [0.2, 0.25) is 5.89 Å². The Balaban J connectivity index is 0.000000244. The Morgan fingerprint density at radius 3 is 2.35 bits per heavy atom. The van der Waals surface area contributed by atoms with Crippen molar-refractivity contribution in [2.24, 2.45) is 0 Å². The largest absolute Gasteiger partial charge is 0.447 e. The molecule has 4 aromatic rings. The zero-order valence-electron chi connectivity index (χ0n) is 26.9. The minimum atomic E-state index is -4.35. The van der Waals surface area contributed by atoms with Crippen LogP contribution in [-0.4, -0.2) is 48.8 Å². The molecule has 5 rings (SSSR count). The molecule has 10 heteroatoms. The van der Waals surface area contributed by atoms with E-state index in [4.69, 9.17) is 4.42 Å². The molecule has 1 aliphatic rings. The number of alkyl halides is 3. The van der Waals surface area contributed by atoms with Crippen LogP contribution in [-0.2, 0) is 12.7 Å². The summed E-state index contributed by atoms with van der Waals surface area (Å²) >= 11 is 0. The Hall–Kier alpha value is -4.28. The van der Waals surface area contributed by atoms with Crippen molar-refractivity contribution in [1.82, 2.24) is 20.5 Å². The molecule has 1 aromatic heterocycles. The SMILES string of the molecule is Cc1cc(C=O)cc(C(=O)NCCCNCc2cccc(C(F)(F)F)c2)c1.Cc1ccccc1.Cc1coc(C2CCCN2C)n1. The maximum atomic E-state index is 12.7. The van der Waals surface area contributed by atoms with E-state index in [2.05, 4.69) is 46.6 Å². The molecule has 1 aliphatic heterocycles. The average Bonchev–Trinajstić information content (AvgIpc) is 3.66. The molecular weight excluding hydrogens is 593 g/mol. The minimum absolute atomic E-state index is 0.264. The van der Waals surface area contributed by atoms with E-state index < -0.39 is 11.7 Å². The molecule has 46 heavy (non-hydrogen) atoms. The van der Waals surface area contributed by atoms with Gasteiger partial charge in [0.25, 0.3) is 5.91 Å². The van der Waals surface area contributed by atoms with Gasteiger partial charge in [-0.2, -0.15) is 13.2 Å². The number of oxazole rings is 1. The molecule has 1 amide bonds. The molecule has 0 aliphatic carbocycles. The van der Waals surface area contributed by atoms with Crippen molar-refractivity contribution in [2.75, 3.05) is 26.7 Å². The first kappa shape index (κ1) is 36.2. The lowest BCUT2D eigenvalue weighted by molar-refractivity contribution is -0.137. The van der Waals surface area contributed by atoms with Gasteiger partial charge < -0.3 is 15.1 Å². The van der Waals surface area contributed by atoms with E-state index >= 15 is 0 Å². The first-order valence-corrected chi connectivity index (χ1v) is 15.3. The van der Waals surface area contributed by atoms with Gasteiger partial charge in [-0.15, -0.1) is 0 Å². The maximum Gasteiger partial charge on any atom is 0.416 e. The summed E-state index contributed by atoms with van der Waals surface area (Å²) in [5.41, 5.74) is 3.88. The number of hydrogen-bond acceptors (Lipinski definition) is 6. The third-order valence-corrected chi connectivity index (χ3v) is 7.28. The van der Waals surface area contributed by atoms with Crippen LogP contribution < -0.4 is 10.6 Å². The van der Waals surface area contributed by atoms with Crippen LogP contribution in [0.5, 0.6) is 0 Å². The average molecular weight is 637 g/mol. The highest BCUT2D eigenvalue weighted by Gasteiger charge is 2.30. The molecule has 1 fully saturated rings. The van der Waals surface area contributed by atoms with Crippen LogP contribution in [0.4, 0.5) is 13.2 Å². The second kappa shape index (κ2) is 18.0. The molecule has 246 valence electrons. The molecule has 2 heterocycles. The van der Waals surface area contributed by atoms with Crippen molar-refractivity contribution in [3.63, 3.8) is 0 Å². The molecule has 0 saturated carbocycles. The Morgan fingerprint density at radius 1 is 1.00 bits per heavy atom. The van der Waals surface area contributed by atoms with Gasteiger partial charge in [-0.3, -0.25) is 14.5 Å². The van der Waals surface area contributed by atoms with Gasteiger partial charge in [0.15, 0.2) is 0 Å². The minimum Gasteiger partial charge on any atom is -0.447 e. The number of nitrogens with zero attached hydrogens (tertiary/aromatic N) is 2. The molecule has 0 radical (unpaired) electrons. The van der Waals surface area contributed by atoms with E-state index in [-0.39, 0.29) is 5.91 Å². The summed E-state index contributed by atoms with van der Waals surface area (Å²) in [5.74, 6) is 0.618. The van der Waals surface area contributed by atoms with Crippen LogP contribution in [0, 0.1) is 20.8 Å². The highest BCUT2D eigenvalue weighted by Crippen LogP contribution is 2.30. The van der Waals surface area contributed by atoms with Crippen LogP contribution in [0.2, 0.25) is 0 Å². The summed E-state index contributed by atoms with van der Waals surface area (Å²) in [6.45, 7) is 8.29. The summed E-state index contributed by atoms with van der Waals surface area (Å²) < 4.78 is 43.4. The number of carbonyl (C=O) groups excluding carboxylic acids is 2. The summed E-state index contributed by atoms with van der Waals surface area (Å²) in [6.07, 6.45) is 1.12. The van der Waals surface area contributed by atoms with Crippen LogP contribution in [0.1, 0.15) is 79.9 Å². The van der Waals surface area contributed by atoms with E-state index in [0.29, 0.717) is 55.1 Å². The van der Waals surface area contributed by atoms with Gasteiger partial charge >= 0.3 is 6.18 Å². The number of halogens is 3. The molecule has 0 spiro atoms. The molecule has 3 aromatic carbocycles. The Bertz CT molecular complexity index is 1520. The van der Waals surface area contributed by atoms with Crippen LogP contribution >= 0.6 is 0 Å². The van der Waals surface area contributed by atoms with Gasteiger partial charge in [-0.1, -0.05) is 54.1 Å². The monoisotopic (exact) mass is 636 g/mol.